The zero-order chi connectivity index (χ0) is 15.9. The maximum Gasteiger partial charge on any atom is 0.251 e. The molecule has 1 heterocycles. The first-order valence-electron chi connectivity index (χ1n) is 7.24. The van der Waals surface area contributed by atoms with Crippen molar-refractivity contribution in [3.05, 3.63) is 34.3 Å². The molecule has 2 rings (SSSR count). The van der Waals surface area contributed by atoms with Crippen LogP contribution in [0.3, 0.4) is 0 Å². The quantitative estimate of drug-likeness (QED) is 0.666. The fraction of sp³-hybridized carbons (Fsp3) is 0.467. The van der Waals surface area contributed by atoms with Gasteiger partial charge in [0.15, 0.2) is 0 Å². The summed E-state index contributed by atoms with van der Waals surface area (Å²) in [7, 11) is 0. The molecule has 1 fully saturated rings. The monoisotopic (exact) mass is 369 g/mol. The summed E-state index contributed by atoms with van der Waals surface area (Å²) in [6.45, 7) is 3.91. The van der Waals surface area contributed by atoms with Crippen molar-refractivity contribution in [2.45, 2.75) is 19.1 Å². The van der Waals surface area contributed by atoms with Crippen LogP contribution in [0.2, 0.25) is 0 Å². The van der Waals surface area contributed by atoms with E-state index in [0.29, 0.717) is 31.8 Å². The van der Waals surface area contributed by atoms with Gasteiger partial charge in [-0.05, 0) is 25.1 Å². The Balaban J connectivity index is 1.70. The van der Waals surface area contributed by atoms with E-state index in [-0.39, 0.29) is 24.0 Å². The third-order valence-corrected chi connectivity index (χ3v) is 3.89. The van der Waals surface area contributed by atoms with Crippen LogP contribution < -0.4 is 16.0 Å². The molecule has 0 aromatic heterocycles. The molecule has 0 bridgehead atoms. The van der Waals surface area contributed by atoms with E-state index in [1.54, 1.807) is 18.2 Å². The van der Waals surface area contributed by atoms with Gasteiger partial charge in [0.05, 0.1) is 12.7 Å². The summed E-state index contributed by atoms with van der Waals surface area (Å²) in [4.78, 5) is 23.9. The second-order valence-corrected chi connectivity index (χ2v) is 5.98. The number of rotatable bonds is 5. The van der Waals surface area contributed by atoms with Crippen LogP contribution in [-0.4, -0.2) is 50.2 Å². The largest absolute Gasteiger partial charge is 0.375 e. The van der Waals surface area contributed by atoms with Gasteiger partial charge in [-0.15, -0.1) is 0 Å². The summed E-state index contributed by atoms with van der Waals surface area (Å²) in [6.07, 6.45) is -0.148. The van der Waals surface area contributed by atoms with Crippen molar-refractivity contribution in [1.29, 1.82) is 0 Å². The second kappa shape index (κ2) is 8.26. The van der Waals surface area contributed by atoms with Crippen molar-refractivity contribution in [2.24, 2.45) is 0 Å². The summed E-state index contributed by atoms with van der Waals surface area (Å²) in [5.41, 5.74) is 0.580. The van der Waals surface area contributed by atoms with E-state index in [2.05, 4.69) is 31.9 Å². The Kier molecular flexibility index (Phi) is 6.35. The van der Waals surface area contributed by atoms with Crippen LogP contribution >= 0.6 is 15.9 Å². The van der Waals surface area contributed by atoms with E-state index < -0.39 is 0 Å². The Hall–Kier alpha value is -1.44. The molecule has 0 spiro atoms. The van der Waals surface area contributed by atoms with Gasteiger partial charge in [-0.1, -0.05) is 22.0 Å². The molecule has 0 radical (unpaired) electrons. The summed E-state index contributed by atoms with van der Waals surface area (Å²) in [5.74, 6) is -0.271. The Morgan fingerprint density at radius 3 is 2.86 bits per heavy atom. The number of hydrogen-bond donors (Lipinski definition) is 3. The van der Waals surface area contributed by atoms with Gasteiger partial charge in [-0.2, -0.15) is 0 Å². The Bertz CT molecular complexity index is 539. The molecule has 6 nitrogen and oxygen atoms in total. The predicted octanol–water partition coefficient (Wildman–Crippen LogP) is 0.672. The Morgan fingerprint density at radius 2 is 2.14 bits per heavy atom. The Labute approximate surface area is 138 Å². The fourth-order valence-electron chi connectivity index (χ4n) is 2.23. The number of carbonyl (C=O) groups is 2. The van der Waals surface area contributed by atoms with Gasteiger partial charge < -0.3 is 20.7 Å². The molecule has 0 unspecified atom stereocenters. The molecule has 2 atom stereocenters. The summed E-state index contributed by atoms with van der Waals surface area (Å²) in [6, 6.07) is 6.81. The zero-order valence-corrected chi connectivity index (χ0v) is 14.0. The maximum absolute atomic E-state index is 12.0. The number of ether oxygens (including phenoxy) is 1. The molecule has 0 saturated carbocycles. The van der Waals surface area contributed by atoms with Crippen molar-refractivity contribution >= 4 is 27.7 Å². The van der Waals surface area contributed by atoms with Crippen LogP contribution in [0.5, 0.6) is 0 Å². The molecule has 1 saturated heterocycles. The minimum Gasteiger partial charge on any atom is -0.375 e. The molecular weight excluding hydrogens is 350 g/mol. The number of halogens is 1. The third-order valence-electron chi connectivity index (χ3n) is 3.40. The lowest BCUT2D eigenvalue weighted by Gasteiger charge is -2.29. The molecule has 120 valence electrons. The highest BCUT2D eigenvalue weighted by atomic mass is 79.9. The predicted molar refractivity (Wildman–Crippen MR) is 86.7 cm³/mol. The molecule has 3 N–H and O–H groups in total. The molecule has 22 heavy (non-hydrogen) atoms. The smallest absolute Gasteiger partial charge is 0.251 e. The average molecular weight is 370 g/mol. The van der Waals surface area contributed by atoms with Crippen LogP contribution in [0.1, 0.15) is 17.3 Å². The lowest BCUT2D eigenvalue weighted by atomic mass is 10.1. The second-order valence-electron chi connectivity index (χ2n) is 5.06. The zero-order valence-electron chi connectivity index (χ0n) is 12.4. The standard InChI is InChI=1S/C15H20BrN3O3/c1-10-13(17-7-8-22-10)15(21)19-6-5-18-14(20)11-3-2-4-12(16)9-11/h2-4,9-10,13,17H,5-8H2,1H3,(H,18,20)(H,19,21)/t10-,13+/m1/s1. The number of carbonyl (C=O) groups excluding carboxylic acids is 2. The highest BCUT2D eigenvalue weighted by Gasteiger charge is 2.27. The first-order valence-corrected chi connectivity index (χ1v) is 8.03. The normalized spacial score (nSPS) is 21.2. The van der Waals surface area contributed by atoms with Crippen molar-refractivity contribution < 1.29 is 14.3 Å². The van der Waals surface area contributed by atoms with E-state index in [4.69, 9.17) is 4.74 Å². The summed E-state index contributed by atoms with van der Waals surface area (Å²) < 4.78 is 6.28. The van der Waals surface area contributed by atoms with Crippen LogP contribution in [0.25, 0.3) is 0 Å². The molecule has 1 aliphatic heterocycles. The highest BCUT2D eigenvalue weighted by molar-refractivity contribution is 9.10. The molecular formula is C15H20BrN3O3. The van der Waals surface area contributed by atoms with E-state index in [0.717, 1.165) is 4.47 Å². The number of nitrogens with one attached hydrogen (secondary N) is 3. The number of morpholine rings is 1. The van der Waals surface area contributed by atoms with E-state index in [9.17, 15) is 9.59 Å². The SMILES string of the molecule is C[C@H]1OCCN[C@@H]1C(=O)NCCNC(=O)c1cccc(Br)c1. The van der Waals surface area contributed by atoms with Gasteiger partial charge in [0.1, 0.15) is 6.04 Å². The number of hydrogen-bond acceptors (Lipinski definition) is 4. The number of amides is 2. The van der Waals surface area contributed by atoms with E-state index in [1.807, 2.05) is 13.0 Å². The summed E-state index contributed by atoms with van der Waals surface area (Å²) in [5, 5.41) is 8.69. The average Bonchev–Trinajstić information content (AvgIpc) is 2.51. The van der Waals surface area contributed by atoms with Gasteiger partial charge >= 0.3 is 0 Å². The topological polar surface area (TPSA) is 79.5 Å². The highest BCUT2D eigenvalue weighted by Crippen LogP contribution is 2.11. The van der Waals surface area contributed by atoms with Gasteiger partial charge in [-0.25, -0.2) is 0 Å². The van der Waals surface area contributed by atoms with Crippen LogP contribution in [0.15, 0.2) is 28.7 Å². The first kappa shape index (κ1) is 16.9. The van der Waals surface area contributed by atoms with E-state index >= 15 is 0 Å². The van der Waals surface area contributed by atoms with Gasteiger partial charge in [-0.3, -0.25) is 9.59 Å². The Morgan fingerprint density at radius 1 is 1.36 bits per heavy atom. The van der Waals surface area contributed by atoms with Gasteiger partial charge in [0.2, 0.25) is 5.91 Å². The summed E-state index contributed by atoms with van der Waals surface area (Å²) >= 11 is 3.33. The molecule has 0 aliphatic carbocycles. The van der Waals surface area contributed by atoms with Crippen molar-refractivity contribution in [1.82, 2.24) is 16.0 Å². The molecule has 1 aliphatic rings. The number of benzene rings is 1. The van der Waals surface area contributed by atoms with Crippen molar-refractivity contribution in [3.63, 3.8) is 0 Å². The molecule has 7 heteroatoms. The lowest BCUT2D eigenvalue weighted by Crippen LogP contribution is -2.56. The van der Waals surface area contributed by atoms with Gasteiger partial charge in [0.25, 0.3) is 5.91 Å². The lowest BCUT2D eigenvalue weighted by molar-refractivity contribution is -0.128. The third kappa shape index (κ3) is 4.79. The molecule has 1 aromatic carbocycles. The first-order chi connectivity index (χ1) is 10.6. The maximum atomic E-state index is 12.0. The van der Waals surface area contributed by atoms with Crippen molar-refractivity contribution in [2.75, 3.05) is 26.2 Å². The van der Waals surface area contributed by atoms with Crippen LogP contribution in [0, 0.1) is 0 Å². The van der Waals surface area contributed by atoms with E-state index in [1.165, 1.54) is 0 Å². The minimum atomic E-state index is -0.338. The van der Waals surface area contributed by atoms with Crippen LogP contribution in [0.4, 0.5) is 0 Å². The molecule has 2 amide bonds. The van der Waals surface area contributed by atoms with Crippen LogP contribution in [-0.2, 0) is 9.53 Å². The van der Waals surface area contributed by atoms with Crippen molar-refractivity contribution in [3.8, 4) is 0 Å². The minimum absolute atomic E-state index is 0.107. The van der Waals surface area contributed by atoms with Gasteiger partial charge in [0, 0.05) is 29.7 Å². The fourth-order valence-corrected chi connectivity index (χ4v) is 2.63. The molecule has 1 aromatic rings.